The molecule has 0 aliphatic carbocycles. The Morgan fingerprint density at radius 3 is 2.25 bits per heavy atom. The largest absolute Gasteiger partial charge is 0.508 e. The maximum absolute atomic E-state index is 8.73. The fraction of sp³-hybridized carbons (Fsp3) is 0.500. The predicted octanol–water partition coefficient (Wildman–Crippen LogP) is 1.19. The van der Waals surface area contributed by atoms with E-state index in [2.05, 4.69) is 0 Å². The third-order valence-electron chi connectivity index (χ3n) is 2.10. The summed E-state index contributed by atoms with van der Waals surface area (Å²) in [6.45, 7) is 3.26. The Kier molecular flexibility index (Phi) is 3.68. The van der Waals surface area contributed by atoms with Crippen molar-refractivity contribution < 1.29 is 20.7 Å². The summed E-state index contributed by atoms with van der Waals surface area (Å²) < 4.78 is 22.1. The van der Waals surface area contributed by atoms with Gasteiger partial charge in [-0.25, -0.2) is 0 Å². The molecule has 2 aliphatic heterocycles. The zero-order chi connectivity index (χ0) is 12.1. The molecule has 0 aromatic heterocycles. The lowest BCUT2D eigenvalue weighted by Crippen LogP contribution is -2.06. The molecule has 1 aromatic carbocycles. The van der Waals surface area contributed by atoms with E-state index in [0.29, 0.717) is 12.2 Å². The number of hydrogen-bond acceptors (Lipinski definition) is 4. The average Bonchev–Trinajstić information content (AvgIpc) is 3.16. The van der Waals surface area contributed by atoms with Crippen LogP contribution in [0.1, 0.15) is 1.37 Å². The molecule has 2 fully saturated rings. The first-order valence-corrected chi connectivity index (χ1v) is 5.31. The Morgan fingerprint density at radius 1 is 1.25 bits per heavy atom. The first-order valence-electron chi connectivity index (χ1n) is 5.81. The van der Waals surface area contributed by atoms with Crippen molar-refractivity contribution in [3.8, 4) is 5.75 Å². The van der Waals surface area contributed by atoms with Gasteiger partial charge in [0.05, 0.1) is 27.8 Å². The van der Waals surface area contributed by atoms with Gasteiger partial charge in [-0.3, -0.25) is 0 Å². The highest BCUT2D eigenvalue weighted by Gasteiger charge is 2.26. The lowest BCUT2D eigenvalue weighted by atomic mass is 10.3. The first-order chi connectivity index (χ1) is 8.25. The van der Waals surface area contributed by atoms with Crippen LogP contribution < -0.4 is 0 Å². The first kappa shape index (κ1) is 10.1. The van der Waals surface area contributed by atoms with Crippen LogP contribution >= 0.6 is 0 Å². The second-order valence-corrected chi connectivity index (χ2v) is 3.70. The van der Waals surface area contributed by atoms with E-state index in [-0.39, 0.29) is 11.8 Å². The molecule has 88 valence electrons. The number of epoxide rings is 2. The molecule has 1 N–H and O–H groups in total. The van der Waals surface area contributed by atoms with Gasteiger partial charge in [0.15, 0.2) is 0 Å². The van der Waals surface area contributed by atoms with Crippen molar-refractivity contribution in [1.82, 2.24) is 0 Å². The molecule has 2 atom stereocenters. The van der Waals surface area contributed by atoms with Crippen LogP contribution in [0.5, 0.6) is 5.75 Å². The number of para-hydroxylation sites is 1. The zero-order valence-electron chi connectivity index (χ0n) is 9.96. The third-order valence-corrected chi connectivity index (χ3v) is 2.10. The maximum atomic E-state index is 8.73. The van der Waals surface area contributed by atoms with Crippen LogP contribution in [-0.2, 0) is 14.2 Å². The van der Waals surface area contributed by atoms with E-state index in [0.717, 1.165) is 26.4 Å². The Labute approximate surface area is 96.2 Å². The van der Waals surface area contributed by atoms with Gasteiger partial charge < -0.3 is 19.3 Å². The number of rotatable bonds is 4. The molecule has 2 heterocycles. The molecular formula is C12H16O4. The Bertz CT molecular complexity index is 317. The lowest BCUT2D eigenvalue weighted by Gasteiger charge is -1.95. The van der Waals surface area contributed by atoms with Crippen molar-refractivity contribution in [2.75, 3.05) is 26.4 Å². The van der Waals surface area contributed by atoms with E-state index in [1.165, 1.54) is 12.1 Å². The summed E-state index contributed by atoms with van der Waals surface area (Å²) in [5.41, 5.74) is 0. The molecule has 0 amide bonds. The molecule has 2 unspecified atom stereocenters. The summed E-state index contributed by atoms with van der Waals surface area (Å²) in [6.07, 6.45) is 0.785. The van der Waals surface area contributed by atoms with Gasteiger partial charge >= 0.3 is 0 Å². The summed E-state index contributed by atoms with van der Waals surface area (Å²) in [5.74, 6) is 0.0347. The van der Waals surface area contributed by atoms with Crippen LogP contribution in [0.2, 0.25) is 0 Å². The Balaban J connectivity index is 0.000000128. The molecule has 2 saturated heterocycles. The van der Waals surface area contributed by atoms with Crippen molar-refractivity contribution in [2.45, 2.75) is 12.2 Å². The number of hydrogen-bond donors (Lipinski definition) is 1. The fourth-order valence-electron chi connectivity index (χ4n) is 1.04. The minimum Gasteiger partial charge on any atom is -0.508 e. The molecule has 1 aromatic rings. The maximum Gasteiger partial charge on any atom is 0.115 e. The van der Waals surface area contributed by atoms with E-state index in [4.69, 9.17) is 20.7 Å². The van der Waals surface area contributed by atoms with Crippen molar-refractivity contribution >= 4 is 0 Å². The van der Waals surface area contributed by atoms with Gasteiger partial charge in [-0.15, -0.1) is 0 Å². The smallest absolute Gasteiger partial charge is 0.115 e. The lowest BCUT2D eigenvalue weighted by molar-refractivity contribution is 0.102. The second kappa shape index (κ2) is 5.84. The van der Waals surface area contributed by atoms with Crippen molar-refractivity contribution in [3.63, 3.8) is 0 Å². The number of aromatic hydroxyl groups is 1. The third kappa shape index (κ3) is 5.11. The SMILES string of the molecule is C(OCC1CO1)C1CO1.[2H]c1ccccc1O. The van der Waals surface area contributed by atoms with Crippen molar-refractivity contribution in [2.24, 2.45) is 0 Å². The molecule has 0 radical (unpaired) electrons. The van der Waals surface area contributed by atoms with Crippen LogP contribution in [-0.4, -0.2) is 43.7 Å². The molecule has 0 bridgehead atoms. The van der Waals surface area contributed by atoms with Gasteiger partial charge in [-0.2, -0.15) is 0 Å². The Hall–Kier alpha value is -1.10. The van der Waals surface area contributed by atoms with Gasteiger partial charge in [0, 0.05) is 0 Å². The second-order valence-electron chi connectivity index (χ2n) is 3.70. The summed E-state index contributed by atoms with van der Waals surface area (Å²) in [4.78, 5) is 0. The minimum atomic E-state index is 0.0347. The minimum absolute atomic E-state index is 0.0347. The topological polar surface area (TPSA) is 54.5 Å². The van der Waals surface area contributed by atoms with E-state index >= 15 is 0 Å². The zero-order valence-corrected chi connectivity index (χ0v) is 8.96. The molecule has 4 heteroatoms. The molecule has 0 spiro atoms. The van der Waals surface area contributed by atoms with Crippen LogP contribution in [0.25, 0.3) is 0 Å². The van der Waals surface area contributed by atoms with Gasteiger partial charge in [0.25, 0.3) is 0 Å². The summed E-state index contributed by atoms with van der Waals surface area (Å²) in [6, 6.07) is 6.60. The standard InChI is InChI=1S/C6H10O3.C6H6O/c1(5-3-8-5)7-2-6-4-9-6;7-6-4-2-1-3-5-6/h5-6H,1-4H2;1-5,7H/i;4D. The number of phenolic OH excluding ortho intramolecular Hbond substituents is 1. The van der Waals surface area contributed by atoms with Gasteiger partial charge in [-0.05, 0) is 12.1 Å². The van der Waals surface area contributed by atoms with E-state index in [1.807, 2.05) is 0 Å². The molecule has 4 nitrogen and oxygen atoms in total. The highest BCUT2D eigenvalue weighted by Crippen LogP contribution is 2.12. The van der Waals surface area contributed by atoms with Crippen LogP contribution in [0.3, 0.4) is 0 Å². The number of phenols is 1. The van der Waals surface area contributed by atoms with Gasteiger partial charge in [0.1, 0.15) is 18.0 Å². The van der Waals surface area contributed by atoms with Gasteiger partial charge in [0.2, 0.25) is 0 Å². The monoisotopic (exact) mass is 225 g/mol. The van der Waals surface area contributed by atoms with E-state index in [9.17, 15) is 0 Å². The number of benzene rings is 1. The van der Waals surface area contributed by atoms with E-state index < -0.39 is 0 Å². The highest BCUT2D eigenvalue weighted by molar-refractivity contribution is 5.18. The van der Waals surface area contributed by atoms with Crippen LogP contribution in [0, 0.1) is 0 Å². The number of ether oxygens (including phenoxy) is 3. The molecule has 3 rings (SSSR count). The normalized spacial score (nSPS) is 26.4. The molecule has 2 aliphatic rings. The highest BCUT2D eigenvalue weighted by atomic mass is 16.6. The molecule has 0 saturated carbocycles. The summed E-state index contributed by atoms with van der Waals surface area (Å²) >= 11 is 0. The van der Waals surface area contributed by atoms with Gasteiger partial charge in [-0.1, -0.05) is 18.2 Å². The summed E-state index contributed by atoms with van der Waals surface area (Å²) in [7, 11) is 0. The van der Waals surface area contributed by atoms with Crippen LogP contribution in [0.4, 0.5) is 0 Å². The predicted molar refractivity (Wildman–Crippen MR) is 58.4 cm³/mol. The quantitative estimate of drug-likeness (QED) is 0.782. The Morgan fingerprint density at radius 2 is 1.88 bits per heavy atom. The average molecular weight is 225 g/mol. The fourth-order valence-corrected chi connectivity index (χ4v) is 1.04. The van der Waals surface area contributed by atoms with Crippen molar-refractivity contribution in [1.29, 1.82) is 0 Å². The van der Waals surface area contributed by atoms with Crippen LogP contribution in [0.15, 0.2) is 30.3 Å². The summed E-state index contributed by atoms with van der Waals surface area (Å²) in [5, 5.41) is 8.73. The molecule has 16 heavy (non-hydrogen) atoms. The van der Waals surface area contributed by atoms with Crippen molar-refractivity contribution in [3.05, 3.63) is 30.3 Å². The van der Waals surface area contributed by atoms with E-state index in [1.54, 1.807) is 12.1 Å². The molecular weight excluding hydrogens is 208 g/mol.